The van der Waals surface area contributed by atoms with Gasteiger partial charge in [0.25, 0.3) is 0 Å². The van der Waals surface area contributed by atoms with Crippen LogP contribution in [-0.2, 0) is 0 Å². The molecule has 0 radical (unpaired) electrons. The monoisotopic (exact) mass is 174 g/mol. The highest BCUT2D eigenvalue weighted by Crippen LogP contribution is 2.17. The lowest BCUT2D eigenvalue weighted by Crippen LogP contribution is -2.22. The molecule has 0 N–H and O–H groups in total. The van der Waals surface area contributed by atoms with Crippen LogP contribution >= 0.6 is 0 Å². The first-order valence-corrected chi connectivity index (χ1v) is 4.27. The van der Waals surface area contributed by atoms with Crippen molar-refractivity contribution in [3.63, 3.8) is 0 Å². The van der Waals surface area contributed by atoms with Crippen LogP contribution in [0.15, 0.2) is 24.3 Å². The zero-order valence-electron chi connectivity index (χ0n) is 7.86. The van der Waals surface area contributed by atoms with E-state index in [-0.39, 0.29) is 0 Å². The molecule has 0 aliphatic carbocycles. The van der Waals surface area contributed by atoms with Gasteiger partial charge in [0.05, 0.1) is 7.05 Å². The molecule has 1 aliphatic rings. The molecule has 1 heterocycles. The summed E-state index contributed by atoms with van der Waals surface area (Å²) in [6, 6.07) is 8.32. The van der Waals surface area contributed by atoms with E-state index in [1.54, 1.807) is 0 Å². The van der Waals surface area contributed by atoms with Crippen LogP contribution in [0.25, 0.3) is 4.95 Å². The Morgan fingerprint density at radius 3 is 2.92 bits per heavy atom. The minimum atomic E-state index is 0.781. The highest BCUT2D eigenvalue weighted by atomic mass is 15.5. The SMILES string of the molecule is Cc1cccc(N2C#[N+]N(C)C2)c1. The molecule has 0 spiro atoms. The number of rotatable bonds is 1. The molecule has 0 aromatic heterocycles. The average molecular weight is 174 g/mol. The summed E-state index contributed by atoms with van der Waals surface area (Å²) in [5.74, 6) is 0. The van der Waals surface area contributed by atoms with Crippen LogP contribution in [0.4, 0.5) is 5.69 Å². The van der Waals surface area contributed by atoms with Gasteiger partial charge in [0.1, 0.15) is 5.69 Å². The van der Waals surface area contributed by atoms with Gasteiger partial charge in [0.2, 0.25) is 6.67 Å². The van der Waals surface area contributed by atoms with E-state index in [9.17, 15) is 0 Å². The molecule has 1 aromatic carbocycles. The van der Waals surface area contributed by atoms with Gasteiger partial charge in [-0.25, -0.2) is 0 Å². The quantitative estimate of drug-likeness (QED) is 0.602. The molecular formula is C10H12N3+. The van der Waals surface area contributed by atoms with Crippen LogP contribution in [0.5, 0.6) is 0 Å². The maximum atomic E-state index is 4.03. The Labute approximate surface area is 78.0 Å². The van der Waals surface area contributed by atoms with Crippen molar-refractivity contribution >= 4 is 5.69 Å². The Balaban J connectivity index is 2.24. The van der Waals surface area contributed by atoms with E-state index in [0.717, 1.165) is 12.4 Å². The van der Waals surface area contributed by atoms with Crippen molar-refractivity contribution in [1.82, 2.24) is 5.01 Å². The minimum Gasteiger partial charge on any atom is -0.150 e. The van der Waals surface area contributed by atoms with Gasteiger partial charge >= 0.3 is 6.19 Å². The zero-order valence-corrected chi connectivity index (χ0v) is 7.86. The standard InChI is InChI=1S/C10H12N3/c1-9-4-3-5-10(6-9)13-7-11-12(2)8-13/h3-6H,8H2,1-2H3/q+1. The maximum absolute atomic E-state index is 4.03. The Morgan fingerprint density at radius 1 is 1.46 bits per heavy atom. The fourth-order valence-corrected chi connectivity index (χ4v) is 1.33. The molecule has 1 aromatic rings. The van der Waals surface area contributed by atoms with Gasteiger partial charge in [-0.2, -0.15) is 4.90 Å². The summed E-state index contributed by atoms with van der Waals surface area (Å²) in [5.41, 5.74) is 2.40. The molecule has 0 fully saturated rings. The number of nitrogens with zero attached hydrogens (tertiary/aromatic N) is 3. The van der Waals surface area contributed by atoms with Gasteiger partial charge in [-0.05, 0) is 29.6 Å². The first-order valence-electron chi connectivity index (χ1n) is 4.27. The molecular weight excluding hydrogens is 162 g/mol. The molecule has 1 aliphatic heterocycles. The largest absolute Gasteiger partial charge is 0.415 e. The van der Waals surface area contributed by atoms with E-state index >= 15 is 0 Å². The highest BCUT2D eigenvalue weighted by Gasteiger charge is 2.22. The number of hydrogen-bond acceptors (Lipinski definition) is 2. The fraction of sp³-hybridized carbons (Fsp3) is 0.300. The minimum absolute atomic E-state index is 0.781. The van der Waals surface area contributed by atoms with E-state index < -0.39 is 0 Å². The van der Waals surface area contributed by atoms with Crippen molar-refractivity contribution < 1.29 is 0 Å². The van der Waals surface area contributed by atoms with E-state index in [1.165, 1.54) is 5.56 Å². The summed E-state index contributed by atoms with van der Waals surface area (Å²) >= 11 is 0. The summed E-state index contributed by atoms with van der Waals surface area (Å²) in [6.45, 7) is 2.86. The zero-order chi connectivity index (χ0) is 9.26. The molecule has 2 rings (SSSR count). The fourth-order valence-electron chi connectivity index (χ4n) is 1.33. The van der Waals surface area contributed by atoms with Gasteiger partial charge in [0.15, 0.2) is 0 Å². The lowest BCUT2D eigenvalue weighted by atomic mass is 10.2. The third-order valence-corrected chi connectivity index (χ3v) is 2.00. The number of anilines is 1. The normalized spacial score (nSPS) is 14.3. The number of aryl methyl sites for hydroxylation is 1. The smallest absolute Gasteiger partial charge is 0.150 e. The van der Waals surface area contributed by atoms with Gasteiger partial charge < -0.3 is 0 Å². The molecule has 0 atom stereocenters. The summed E-state index contributed by atoms with van der Waals surface area (Å²) in [7, 11) is 1.93. The predicted octanol–water partition coefficient (Wildman–Crippen LogP) is 1.91. The number of benzene rings is 1. The van der Waals surface area contributed by atoms with Gasteiger partial charge in [-0.3, -0.25) is 0 Å². The van der Waals surface area contributed by atoms with Gasteiger partial charge in [-0.1, -0.05) is 12.1 Å². The van der Waals surface area contributed by atoms with Gasteiger partial charge in [-0.15, -0.1) is 5.01 Å². The first-order chi connectivity index (χ1) is 6.25. The molecule has 3 heteroatoms. The van der Waals surface area contributed by atoms with Crippen LogP contribution in [0, 0.1) is 13.1 Å². The van der Waals surface area contributed by atoms with Crippen molar-refractivity contribution in [1.29, 1.82) is 0 Å². The van der Waals surface area contributed by atoms with E-state index in [2.05, 4.69) is 36.3 Å². The Bertz CT molecular complexity index is 375. The molecule has 0 bridgehead atoms. The molecule has 3 nitrogen and oxygen atoms in total. The molecule has 0 saturated heterocycles. The van der Waals surface area contributed by atoms with E-state index in [0.29, 0.717) is 0 Å². The van der Waals surface area contributed by atoms with Crippen LogP contribution in [-0.4, -0.2) is 18.7 Å². The lowest BCUT2D eigenvalue weighted by Gasteiger charge is -2.05. The Hall–Kier alpha value is -1.69. The van der Waals surface area contributed by atoms with Crippen molar-refractivity contribution in [2.24, 2.45) is 0 Å². The molecule has 66 valence electrons. The Kier molecular flexibility index (Phi) is 1.82. The molecule has 0 unspecified atom stereocenters. The second-order valence-electron chi connectivity index (χ2n) is 3.27. The van der Waals surface area contributed by atoms with Crippen LogP contribution in [0.1, 0.15) is 5.56 Å². The van der Waals surface area contributed by atoms with Crippen LogP contribution in [0.3, 0.4) is 0 Å². The maximum Gasteiger partial charge on any atom is 0.415 e. The van der Waals surface area contributed by atoms with Crippen molar-refractivity contribution in [3.8, 4) is 6.19 Å². The van der Waals surface area contributed by atoms with Crippen LogP contribution < -0.4 is 4.90 Å². The summed E-state index contributed by atoms with van der Waals surface area (Å²) < 4.78 is 0. The third kappa shape index (κ3) is 1.57. The third-order valence-electron chi connectivity index (χ3n) is 2.00. The first kappa shape index (κ1) is 7.93. The van der Waals surface area contributed by atoms with Gasteiger partial charge in [0, 0.05) is 0 Å². The molecule has 0 saturated carbocycles. The van der Waals surface area contributed by atoms with Crippen molar-refractivity contribution in [2.75, 3.05) is 18.6 Å². The van der Waals surface area contributed by atoms with Crippen LogP contribution in [0.2, 0.25) is 0 Å². The topological polar surface area (TPSA) is 10.8 Å². The number of hydrogen-bond donors (Lipinski definition) is 0. The van der Waals surface area contributed by atoms with Crippen molar-refractivity contribution in [2.45, 2.75) is 6.92 Å². The summed E-state index contributed by atoms with van der Waals surface area (Å²) in [4.78, 5) is 6.03. The second kappa shape index (κ2) is 2.98. The average Bonchev–Trinajstić information content (AvgIpc) is 2.52. The molecule has 0 amide bonds. The second-order valence-corrected chi connectivity index (χ2v) is 3.27. The lowest BCUT2D eigenvalue weighted by molar-refractivity contribution is 0.484. The Morgan fingerprint density at radius 2 is 2.31 bits per heavy atom. The van der Waals surface area contributed by atoms with E-state index in [1.807, 2.05) is 23.0 Å². The predicted molar refractivity (Wildman–Crippen MR) is 53.5 cm³/mol. The highest BCUT2D eigenvalue weighted by molar-refractivity contribution is 5.53. The van der Waals surface area contributed by atoms with Crippen molar-refractivity contribution in [3.05, 3.63) is 34.8 Å². The van der Waals surface area contributed by atoms with E-state index in [4.69, 9.17) is 0 Å². The summed E-state index contributed by atoms with van der Waals surface area (Å²) in [6.07, 6.45) is 2.93. The molecule has 13 heavy (non-hydrogen) atoms. The summed E-state index contributed by atoms with van der Waals surface area (Å²) in [5, 5.41) is 1.85.